The highest BCUT2D eigenvalue weighted by atomic mass is 35.5. The zero-order chi connectivity index (χ0) is 43.2. The van der Waals surface area contributed by atoms with Crippen LogP contribution in [0.1, 0.15) is 122 Å². The van der Waals surface area contributed by atoms with Crippen molar-refractivity contribution in [1.29, 1.82) is 0 Å². The van der Waals surface area contributed by atoms with Crippen molar-refractivity contribution in [3.8, 4) is 11.8 Å². The third kappa shape index (κ3) is 7.24. The van der Waals surface area contributed by atoms with E-state index in [1.54, 1.807) is 42.5 Å². The number of nitrogens with zero attached hydrogens (tertiary/aromatic N) is 1. The molecule has 0 radical (unpaired) electrons. The smallest absolute Gasteiger partial charge is 0.255 e. The molecule has 6 amide bonds. The van der Waals surface area contributed by atoms with E-state index in [1.807, 2.05) is 12.1 Å². The summed E-state index contributed by atoms with van der Waals surface area (Å²) < 4.78 is 16.0. The van der Waals surface area contributed by atoms with Crippen molar-refractivity contribution in [1.82, 2.24) is 26.2 Å². The summed E-state index contributed by atoms with van der Waals surface area (Å²) >= 11 is 6.40. The van der Waals surface area contributed by atoms with Gasteiger partial charge in [0.2, 0.25) is 29.5 Å². The molecule has 3 aromatic carbocycles. The number of hydrogen-bond donors (Lipinski definition) is 5. The summed E-state index contributed by atoms with van der Waals surface area (Å²) in [6.45, 7) is 0.709. The van der Waals surface area contributed by atoms with Gasteiger partial charge in [-0.2, -0.15) is 0 Å². The van der Waals surface area contributed by atoms with Crippen molar-refractivity contribution in [2.75, 3.05) is 11.9 Å². The first-order valence-corrected chi connectivity index (χ1v) is 22.4. The average Bonchev–Trinajstić information content (AvgIpc) is 3.86. The lowest BCUT2D eigenvalue weighted by Crippen LogP contribution is -2.60. The number of carbonyl (C=O) groups excluding carboxylic acids is 6. The van der Waals surface area contributed by atoms with E-state index in [9.17, 15) is 28.8 Å². The van der Waals surface area contributed by atoms with Gasteiger partial charge in [0.1, 0.15) is 17.3 Å². The molecule has 2 saturated heterocycles. The molecule has 2 spiro atoms. The van der Waals surface area contributed by atoms with Gasteiger partial charge in [-0.3, -0.25) is 39.4 Å². The van der Waals surface area contributed by atoms with Gasteiger partial charge in [0.05, 0.1) is 6.04 Å². The number of nitrogens with one attached hydrogen (secondary N) is 5. The van der Waals surface area contributed by atoms with E-state index in [0.29, 0.717) is 86.2 Å². The van der Waals surface area contributed by atoms with Crippen LogP contribution in [-0.4, -0.2) is 70.6 Å². The zero-order valence-corrected chi connectivity index (χ0v) is 35.2. The summed E-state index contributed by atoms with van der Waals surface area (Å²) in [6, 6.07) is 15.4. The number of fused-ring (bicyclic) bond motifs is 4. The van der Waals surface area contributed by atoms with Crippen LogP contribution in [0.15, 0.2) is 60.7 Å². The van der Waals surface area contributed by atoms with E-state index in [4.69, 9.17) is 11.6 Å². The molecule has 14 heteroatoms. The van der Waals surface area contributed by atoms with Crippen LogP contribution < -0.4 is 26.6 Å². The SMILES string of the molecule is O=C1CCC(N2Cc3c(C#CCCCNC(=O)[C@H]4CC[C@H](NC(=O)C5NC6(CCCCC6)[C@@]6(C(=O)Nc7cc(Cl)ccc76)[C@H]5c5ccccc5F)CC4)cccc3C2=O)C(=O)N1. The van der Waals surface area contributed by atoms with E-state index < -0.39 is 40.7 Å². The van der Waals surface area contributed by atoms with E-state index in [2.05, 4.69) is 38.4 Å². The number of carbonyl (C=O) groups is 6. The van der Waals surface area contributed by atoms with Gasteiger partial charge >= 0.3 is 0 Å². The third-order valence-corrected chi connectivity index (χ3v) is 14.5. The first kappa shape index (κ1) is 41.8. The first-order valence-electron chi connectivity index (χ1n) is 22.0. The quantitative estimate of drug-likeness (QED) is 0.113. The number of unbranched alkanes of at least 4 members (excludes halogenated alkanes) is 1. The summed E-state index contributed by atoms with van der Waals surface area (Å²) in [5.41, 5.74) is 1.63. The van der Waals surface area contributed by atoms with Crippen molar-refractivity contribution in [2.24, 2.45) is 5.92 Å². The Labute approximate surface area is 364 Å². The molecule has 62 heavy (non-hydrogen) atoms. The minimum absolute atomic E-state index is 0.0278. The van der Waals surface area contributed by atoms with Gasteiger partial charge in [-0.25, -0.2) is 4.39 Å². The molecule has 4 heterocycles. The monoisotopic (exact) mass is 860 g/mol. The van der Waals surface area contributed by atoms with Gasteiger partial charge in [0.15, 0.2) is 0 Å². The molecular weight excluding hydrogens is 811 g/mol. The highest BCUT2D eigenvalue weighted by Crippen LogP contribution is 2.62. The number of imide groups is 1. The molecule has 2 unspecified atom stereocenters. The van der Waals surface area contributed by atoms with Gasteiger partial charge < -0.3 is 20.9 Å². The average molecular weight is 861 g/mol. The predicted molar refractivity (Wildman–Crippen MR) is 229 cm³/mol. The van der Waals surface area contributed by atoms with E-state index in [-0.39, 0.29) is 54.5 Å². The fourth-order valence-electron chi connectivity index (χ4n) is 11.4. The lowest BCUT2D eigenvalue weighted by atomic mass is 9.55. The summed E-state index contributed by atoms with van der Waals surface area (Å²) in [5.74, 6) is 3.28. The molecule has 9 rings (SSSR count). The maximum atomic E-state index is 16.0. The number of rotatable bonds is 8. The predicted octanol–water partition coefficient (Wildman–Crippen LogP) is 5.51. The molecule has 4 atom stereocenters. The molecule has 0 bridgehead atoms. The Morgan fingerprint density at radius 1 is 0.903 bits per heavy atom. The van der Waals surface area contributed by atoms with Crippen LogP contribution in [0.3, 0.4) is 0 Å². The van der Waals surface area contributed by atoms with Gasteiger partial charge in [-0.1, -0.05) is 73.0 Å². The minimum atomic E-state index is -1.25. The summed E-state index contributed by atoms with van der Waals surface area (Å²) in [5, 5.41) is 15.9. The standard InChI is InChI=1S/C48H50ClFN6O6/c49-30-17-20-35-37(26-30)53-46(62)48(35)40(33-12-4-5-14-36(33)50)41(55-47(48)23-6-2-7-24-47)44(60)52-31-18-15-29(16-19-31)42(58)51-25-8-1-3-10-28-11-9-13-32-34(28)27-56(45(32)61)38-21-22-39(57)54-43(38)59/h4-5,9,11-14,17,20,26,29,31,38,40-41,55H,1-2,6-8,15-16,18-19,21-25,27H2,(H,51,58)(H,52,60)(H,53,62)(H,54,57,59)/t29-,31-,38?,40-,41?,48+/m0/s1. The minimum Gasteiger partial charge on any atom is -0.356 e. The molecule has 0 aromatic heterocycles. The van der Waals surface area contributed by atoms with Crippen LogP contribution in [-0.2, 0) is 35.9 Å². The molecule has 5 N–H and O–H groups in total. The fourth-order valence-corrected chi connectivity index (χ4v) is 11.5. The Hall–Kier alpha value is -5.58. The maximum Gasteiger partial charge on any atom is 0.255 e. The molecule has 4 fully saturated rings. The Bertz CT molecular complexity index is 2420. The van der Waals surface area contributed by atoms with Crippen LogP contribution in [0.5, 0.6) is 0 Å². The number of piperidine rings is 1. The molecule has 12 nitrogen and oxygen atoms in total. The number of benzene rings is 3. The van der Waals surface area contributed by atoms with Crippen LogP contribution in [0.25, 0.3) is 0 Å². The Balaban J connectivity index is 0.806. The first-order chi connectivity index (χ1) is 30.0. The van der Waals surface area contributed by atoms with Crippen molar-refractivity contribution in [2.45, 2.75) is 125 Å². The second kappa shape index (κ2) is 16.9. The number of halogens is 2. The third-order valence-electron chi connectivity index (χ3n) is 14.3. The summed E-state index contributed by atoms with van der Waals surface area (Å²) in [7, 11) is 0. The largest absolute Gasteiger partial charge is 0.356 e. The summed E-state index contributed by atoms with van der Waals surface area (Å²) in [6.07, 6.45) is 8.14. The Morgan fingerprint density at radius 3 is 2.47 bits per heavy atom. The lowest BCUT2D eigenvalue weighted by molar-refractivity contribution is -0.137. The van der Waals surface area contributed by atoms with Gasteiger partial charge in [0.25, 0.3) is 5.91 Å². The highest BCUT2D eigenvalue weighted by Gasteiger charge is 2.72. The topological polar surface area (TPSA) is 166 Å². The van der Waals surface area contributed by atoms with Crippen molar-refractivity contribution in [3.63, 3.8) is 0 Å². The summed E-state index contributed by atoms with van der Waals surface area (Å²) in [4.78, 5) is 81.1. The molecule has 2 aliphatic carbocycles. The zero-order valence-electron chi connectivity index (χ0n) is 34.4. The molecule has 3 aromatic rings. The van der Waals surface area contributed by atoms with Crippen molar-refractivity contribution >= 4 is 52.7 Å². The molecule has 322 valence electrons. The van der Waals surface area contributed by atoms with Crippen molar-refractivity contribution in [3.05, 3.63) is 99.3 Å². The Morgan fingerprint density at radius 2 is 1.69 bits per heavy atom. The van der Waals surface area contributed by atoms with E-state index >= 15 is 4.39 Å². The number of amides is 6. The molecular formula is C48H50ClFN6O6. The molecule has 6 aliphatic rings. The fraction of sp³-hybridized carbons (Fsp3) is 0.458. The van der Waals surface area contributed by atoms with Crippen molar-refractivity contribution < 1.29 is 33.2 Å². The van der Waals surface area contributed by atoms with E-state index in [1.165, 1.54) is 11.0 Å². The molecule has 4 aliphatic heterocycles. The molecule has 2 saturated carbocycles. The lowest BCUT2D eigenvalue weighted by Gasteiger charge is -2.47. The Kier molecular flexibility index (Phi) is 11.4. The van der Waals surface area contributed by atoms with E-state index in [0.717, 1.165) is 36.0 Å². The number of anilines is 1. The number of hydrogen-bond acceptors (Lipinski definition) is 7. The maximum absolute atomic E-state index is 16.0. The van der Waals surface area contributed by atoms with Gasteiger partial charge in [0, 0.05) is 71.2 Å². The normalized spacial score (nSPS) is 27.3. The van der Waals surface area contributed by atoms with Crippen LogP contribution >= 0.6 is 11.6 Å². The van der Waals surface area contributed by atoms with Crippen LogP contribution in [0.4, 0.5) is 10.1 Å². The van der Waals surface area contributed by atoms with Crippen LogP contribution in [0.2, 0.25) is 5.02 Å². The second-order valence-corrected chi connectivity index (χ2v) is 18.1. The van der Waals surface area contributed by atoms with Gasteiger partial charge in [-0.15, -0.1) is 0 Å². The second-order valence-electron chi connectivity index (χ2n) is 17.7. The van der Waals surface area contributed by atoms with Crippen LogP contribution in [0, 0.1) is 23.6 Å². The van der Waals surface area contributed by atoms with Gasteiger partial charge in [-0.05, 0) is 98.4 Å². The highest BCUT2D eigenvalue weighted by molar-refractivity contribution is 6.31.